The summed E-state index contributed by atoms with van der Waals surface area (Å²) in [4.78, 5) is 24.8. The number of alkyl halides is 3. The lowest BCUT2D eigenvalue weighted by Crippen LogP contribution is -2.27. The van der Waals surface area contributed by atoms with E-state index in [2.05, 4.69) is 5.32 Å². The second kappa shape index (κ2) is 7.55. The number of hydrogen-bond acceptors (Lipinski definition) is 3. The molecule has 0 fully saturated rings. The van der Waals surface area contributed by atoms with Gasteiger partial charge >= 0.3 is 6.18 Å². The Morgan fingerprint density at radius 2 is 1.93 bits per heavy atom. The van der Waals surface area contributed by atoms with Gasteiger partial charge in [0.1, 0.15) is 12.3 Å². The van der Waals surface area contributed by atoms with Crippen LogP contribution in [0.5, 0.6) is 5.75 Å². The molecule has 0 radical (unpaired) electrons. The molecule has 0 saturated heterocycles. The van der Waals surface area contributed by atoms with Crippen molar-refractivity contribution in [2.45, 2.75) is 12.7 Å². The molecule has 0 aliphatic carbocycles. The first-order chi connectivity index (χ1) is 13.2. The van der Waals surface area contributed by atoms with E-state index >= 15 is 0 Å². The predicted octanol–water partition coefficient (Wildman–Crippen LogP) is 4.32. The van der Waals surface area contributed by atoms with Crippen LogP contribution in [0.3, 0.4) is 0 Å². The number of carbonyl (C=O) groups is 1. The highest BCUT2D eigenvalue weighted by Gasteiger charge is 2.31. The zero-order chi connectivity index (χ0) is 20.5. The molecule has 28 heavy (non-hydrogen) atoms. The Bertz CT molecular complexity index is 1110. The van der Waals surface area contributed by atoms with E-state index in [9.17, 15) is 22.8 Å². The number of halogens is 4. The van der Waals surface area contributed by atoms with Crippen LogP contribution < -0.4 is 15.6 Å². The summed E-state index contributed by atoms with van der Waals surface area (Å²) in [6.07, 6.45) is -3.14. The number of pyridine rings is 1. The molecule has 0 aliphatic rings. The molecule has 0 spiro atoms. The van der Waals surface area contributed by atoms with Crippen LogP contribution in [0.4, 0.5) is 18.9 Å². The number of benzene rings is 2. The van der Waals surface area contributed by atoms with Gasteiger partial charge in [-0.1, -0.05) is 11.6 Å². The fraction of sp³-hybridized carbons (Fsp3) is 0.158. The number of fused-ring (bicyclic) bond motifs is 1. The molecule has 0 bridgehead atoms. The van der Waals surface area contributed by atoms with Crippen LogP contribution in [0.2, 0.25) is 5.02 Å². The van der Waals surface area contributed by atoms with Gasteiger partial charge in [0.2, 0.25) is 5.91 Å². The van der Waals surface area contributed by atoms with Crippen molar-refractivity contribution in [2.75, 3.05) is 12.4 Å². The average Bonchev–Trinajstić information content (AvgIpc) is 2.64. The number of nitrogens with one attached hydrogen (secondary N) is 1. The zero-order valence-electron chi connectivity index (χ0n) is 14.5. The van der Waals surface area contributed by atoms with Crippen LogP contribution in [0.15, 0.2) is 53.5 Å². The molecule has 146 valence electrons. The van der Waals surface area contributed by atoms with Gasteiger partial charge in [0.25, 0.3) is 5.56 Å². The maximum absolute atomic E-state index is 12.8. The number of rotatable bonds is 4. The summed E-state index contributed by atoms with van der Waals surface area (Å²) < 4.78 is 44.7. The van der Waals surface area contributed by atoms with Crippen molar-refractivity contribution in [1.29, 1.82) is 0 Å². The lowest BCUT2D eigenvalue weighted by Gasteiger charge is -2.12. The van der Waals surface area contributed by atoms with Crippen molar-refractivity contribution in [3.05, 3.63) is 69.6 Å². The van der Waals surface area contributed by atoms with Gasteiger partial charge in [0.15, 0.2) is 0 Å². The highest BCUT2D eigenvalue weighted by atomic mass is 35.5. The summed E-state index contributed by atoms with van der Waals surface area (Å²) >= 11 is 5.87. The van der Waals surface area contributed by atoms with Gasteiger partial charge in [0, 0.05) is 11.6 Å². The SMILES string of the molecule is COc1ccc2c(=O)n(CC(=O)Nc3cc(C(F)(F)F)ccc3Cl)ccc2c1. The van der Waals surface area contributed by atoms with Crippen LogP contribution in [-0.4, -0.2) is 17.6 Å². The molecule has 0 aliphatic heterocycles. The Morgan fingerprint density at radius 3 is 2.61 bits per heavy atom. The van der Waals surface area contributed by atoms with Crippen LogP contribution in [0.1, 0.15) is 5.56 Å². The fourth-order valence-corrected chi connectivity index (χ4v) is 2.82. The summed E-state index contributed by atoms with van der Waals surface area (Å²) in [5.41, 5.74) is -1.53. The van der Waals surface area contributed by atoms with Gasteiger partial charge in [0.05, 0.1) is 23.4 Å². The summed E-state index contributed by atoms with van der Waals surface area (Å²) in [5, 5.41) is 3.30. The number of aromatic nitrogens is 1. The molecule has 0 atom stereocenters. The van der Waals surface area contributed by atoms with E-state index in [1.165, 1.54) is 13.3 Å². The van der Waals surface area contributed by atoms with E-state index in [1.54, 1.807) is 24.3 Å². The third kappa shape index (κ3) is 4.12. The molecule has 1 amide bonds. The largest absolute Gasteiger partial charge is 0.497 e. The molecule has 1 N–H and O–H groups in total. The smallest absolute Gasteiger partial charge is 0.416 e. The molecule has 3 rings (SSSR count). The highest BCUT2D eigenvalue weighted by molar-refractivity contribution is 6.33. The Hall–Kier alpha value is -3.00. The van der Waals surface area contributed by atoms with Gasteiger partial charge in [-0.2, -0.15) is 13.2 Å². The monoisotopic (exact) mass is 410 g/mol. The number of anilines is 1. The van der Waals surface area contributed by atoms with Crippen molar-refractivity contribution in [3.63, 3.8) is 0 Å². The van der Waals surface area contributed by atoms with Gasteiger partial charge in [-0.25, -0.2) is 0 Å². The summed E-state index contributed by atoms with van der Waals surface area (Å²) in [5.74, 6) is -0.0993. The number of methoxy groups -OCH3 is 1. The van der Waals surface area contributed by atoms with Crippen LogP contribution in [-0.2, 0) is 17.5 Å². The van der Waals surface area contributed by atoms with E-state index in [0.29, 0.717) is 16.5 Å². The first kappa shape index (κ1) is 19.8. The summed E-state index contributed by atoms with van der Waals surface area (Å²) in [6, 6.07) is 9.14. The predicted molar refractivity (Wildman–Crippen MR) is 99.8 cm³/mol. The van der Waals surface area contributed by atoms with E-state index < -0.39 is 23.2 Å². The first-order valence-corrected chi connectivity index (χ1v) is 8.40. The number of hydrogen-bond donors (Lipinski definition) is 1. The second-order valence-electron chi connectivity index (χ2n) is 5.94. The molecule has 1 heterocycles. The van der Waals surface area contributed by atoms with Crippen molar-refractivity contribution in [3.8, 4) is 5.75 Å². The van der Waals surface area contributed by atoms with Gasteiger partial charge < -0.3 is 14.6 Å². The lowest BCUT2D eigenvalue weighted by atomic mass is 10.1. The van der Waals surface area contributed by atoms with Crippen LogP contribution in [0, 0.1) is 0 Å². The highest BCUT2D eigenvalue weighted by Crippen LogP contribution is 2.33. The summed E-state index contributed by atoms with van der Waals surface area (Å²) in [7, 11) is 1.51. The molecular formula is C19H14ClF3N2O3. The number of amides is 1. The maximum Gasteiger partial charge on any atom is 0.416 e. The minimum atomic E-state index is -4.57. The average molecular weight is 411 g/mol. The Kier molecular flexibility index (Phi) is 5.33. The van der Waals surface area contributed by atoms with Crippen LogP contribution >= 0.6 is 11.6 Å². The molecule has 1 aromatic heterocycles. The first-order valence-electron chi connectivity index (χ1n) is 8.03. The third-order valence-electron chi connectivity index (χ3n) is 4.07. The Labute approximate surface area is 162 Å². The quantitative estimate of drug-likeness (QED) is 0.696. The van der Waals surface area contributed by atoms with Gasteiger partial charge in [-0.15, -0.1) is 0 Å². The van der Waals surface area contributed by atoms with Gasteiger partial charge in [-0.3, -0.25) is 9.59 Å². The van der Waals surface area contributed by atoms with E-state index in [0.717, 1.165) is 22.8 Å². The van der Waals surface area contributed by atoms with E-state index in [1.807, 2.05) is 0 Å². The molecule has 5 nitrogen and oxygen atoms in total. The standard InChI is InChI=1S/C19H14ClF3N2O3/c1-28-13-3-4-14-11(8-13)6-7-25(18(14)27)10-17(26)24-16-9-12(19(21,22)23)2-5-15(16)20/h2-9H,10H2,1H3,(H,24,26). The topological polar surface area (TPSA) is 60.3 Å². The lowest BCUT2D eigenvalue weighted by molar-refractivity contribution is -0.137. The molecule has 0 unspecified atom stereocenters. The number of nitrogens with zero attached hydrogens (tertiary/aromatic N) is 1. The molecule has 0 saturated carbocycles. The Balaban J connectivity index is 1.84. The number of ether oxygens (including phenoxy) is 1. The van der Waals surface area contributed by atoms with E-state index in [4.69, 9.17) is 16.3 Å². The van der Waals surface area contributed by atoms with Gasteiger partial charge in [-0.05, 0) is 47.9 Å². The number of carbonyl (C=O) groups excluding carboxylic acids is 1. The minimum Gasteiger partial charge on any atom is -0.497 e. The molecule has 2 aromatic carbocycles. The van der Waals surface area contributed by atoms with Crippen molar-refractivity contribution >= 4 is 34.0 Å². The van der Waals surface area contributed by atoms with Crippen molar-refractivity contribution < 1.29 is 22.7 Å². The van der Waals surface area contributed by atoms with Crippen molar-refractivity contribution in [2.24, 2.45) is 0 Å². The normalized spacial score (nSPS) is 11.5. The fourth-order valence-electron chi connectivity index (χ4n) is 2.66. The Morgan fingerprint density at radius 1 is 1.18 bits per heavy atom. The molecule has 3 aromatic rings. The van der Waals surface area contributed by atoms with Crippen LogP contribution in [0.25, 0.3) is 10.8 Å². The zero-order valence-corrected chi connectivity index (χ0v) is 15.3. The second-order valence-corrected chi connectivity index (χ2v) is 6.35. The molecular weight excluding hydrogens is 397 g/mol. The molecule has 9 heteroatoms. The summed E-state index contributed by atoms with van der Waals surface area (Å²) in [6.45, 7) is -0.382. The maximum atomic E-state index is 12.8. The minimum absolute atomic E-state index is 0.0423. The van der Waals surface area contributed by atoms with Crippen molar-refractivity contribution in [1.82, 2.24) is 4.57 Å². The van der Waals surface area contributed by atoms with E-state index in [-0.39, 0.29) is 17.3 Å². The third-order valence-corrected chi connectivity index (χ3v) is 4.40.